The van der Waals surface area contributed by atoms with Gasteiger partial charge in [-0.1, -0.05) is 31.0 Å². The Kier molecular flexibility index (Phi) is 5.69. The summed E-state index contributed by atoms with van der Waals surface area (Å²) in [5, 5.41) is 11.7. The topological polar surface area (TPSA) is 56.7 Å². The van der Waals surface area contributed by atoms with Crippen molar-refractivity contribution in [2.45, 2.75) is 38.2 Å². The number of aliphatic hydroxyl groups is 1. The van der Waals surface area contributed by atoms with Crippen LogP contribution in [0.1, 0.15) is 31.2 Å². The van der Waals surface area contributed by atoms with Gasteiger partial charge in [0, 0.05) is 30.6 Å². The largest absolute Gasteiger partial charge is 0.391 e. The summed E-state index contributed by atoms with van der Waals surface area (Å²) in [6.45, 7) is 3.64. The van der Waals surface area contributed by atoms with Crippen molar-refractivity contribution in [1.82, 2.24) is 14.8 Å². The summed E-state index contributed by atoms with van der Waals surface area (Å²) in [5.41, 5.74) is 2.18. The average Bonchev–Trinajstić information content (AvgIpc) is 2.88. The highest BCUT2D eigenvalue weighted by molar-refractivity contribution is 5.82. The maximum atomic E-state index is 12.7. The molecule has 0 spiro atoms. The van der Waals surface area contributed by atoms with Crippen molar-refractivity contribution in [3.05, 3.63) is 42.1 Å². The van der Waals surface area contributed by atoms with Gasteiger partial charge in [-0.2, -0.15) is 0 Å². The number of β-amino-alcohol motifs (C(OH)–C–C–N with tert-alkyl or cyclic N) is 1. The van der Waals surface area contributed by atoms with Crippen LogP contribution in [0.4, 0.5) is 0 Å². The van der Waals surface area contributed by atoms with Crippen LogP contribution in [-0.2, 0) is 11.2 Å². The Bertz CT molecular complexity index is 781. The number of nitrogens with zero attached hydrogens (tertiary/aromatic N) is 3. The molecule has 4 rings (SSSR count). The van der Waals surface area contributed by atoms with Crippen LogP contribution < -0.4 is 0 Å². The van der Waals surface area contributed by atoms with E-state index >= 15 is 0 Å². The minimum atomic E-state index is -0.454. The summed E-state index contributed by atoms with van der Waals surface area (Å²) in [6.07, 6.45) is 7.08. The van der Waals surface area contributed by atoms with E-state index in [4.69, 9.17) is 0 Å². The molecule has 0 aliphatic carbocycles. The lowest BCUT2D eigenvalue weighted by atomic mass is 9.94. The first kappa shape index (κ1) is 18.4. The van der Waals surface area contributed by atoms with E-state index in [1.165, 1.54) is 31.2 Å². The Balaban J connectivity index is 1.39. The fourth-order valence-corrected chi connectivity index (χ4v) is 4.46. The normalized spacial score (nSPS) is 24.3. The third-order valence-electron chi connectivity index (χ3n) is 6.04. The molecule has 0 saturated carbocycles. The summed E-state index contributed by atoms with van der Waals surface area (Å²) >= 11 is 0. The molecule has 2 fully saturated rings. The highest BCUT2D eigenvalue weighted by atomic mass is 16.3. The van der Waals surface area contributed by atoms with Crippen LogP contribution in [0.2, 0.25) is 0 Å². The number of rotatable bonds is 4. The van der Waals surface area contributed by atoms with Crippen molar-refractivity contribution in [1.29, 1.82) is 0 Å². The van der Waals surface area contributed by atoms with Crippen molar-refractivity contribution in [2.24, 2.45) is 5.92 Å². The lowest BCUT2D eigenvalue weighted by Gasteiger charge is -2.23. The lowest BCUT2D eigenvalue weighted by Crippen LogP contribution is -2.40. The molecule has 2 atom stereocenters. The lowest BCUT2D eigenvalue weighted by molar-refractivity contribution is -0.131. The molecule has 3 heterocycles. The van der Waals surface area contributed by atoms with Gasteiger partial charge in [-0.15, -0.1) is 0 Å². The van der Waals surface area contributed by atoms with Crippen LogP contribution in [0.25, 0.3) is 10.9 Å². The fourth-order valence-electron chi connectivity index (χ4n) is 4.46. The van der Waals surface area contributed by atoms with Gasteiger partial charge in [0.05, 0.1) is 18.2 Å². The van der Waals surface area contributed by atoms with E-state index in [0.717, 1.165) is 30.4 Å². The molecule has 27 heavy (non-hydrogen) atoms. The van der Waals surface area contributed by atoms with Gasteiger partial charge in [0.2, 0.25) is 5.91 Å². The predicted molar refractivity (Wildman–Crippen MR) is 106 cm³/mol. The standard InChI is InChI=1S/C22H29N3O2/c26-21-15-25(22(27)16-24-11-5-1-2-6-12-24)14-18(21)13-17-9-10-23-20-8-4-3-7-19(17)20/h3-4,7-10,18,21,26H,1-2,5-6,11-16H2/t18-,21-/m1/s1. The smallest absolute Gasteiger partial charge is 0.236 e. The van der Waals surface area contributed by atoms with Gasteiger partial charge < -0.3 is 10.0 Å². The Labute approximate surface area is 161 Å². The zero-order valence-electron chi connectivity index (χ0n) is 15.9. The quantitative estimate of drug-likeness (QED) is 0.902. The van der Waals surface area contributed by atoms with Gasteiger partial charge >= 0.3 is 0 Å². The Morgan fingerprint density at radius 1 is 1.07 bits per heavy atom. The molecule has 1 aromatic carbocycles. The van der Waals surface area contributed by atoms with Crippen molar-refractivity contribution < 1.29 is 9.90 Å². The molecular weight excluding hydrogens is 338 g/mol. The minimum Gasteiger partial charge on any atom is -0.391 e. The van der Waals surface area contributed by atoms with E-state index in [2.05, 4.69) is 16.0 Å². The van der Waals surface area contributed by atoms with Gasteiger partial charge in [-0.05, 0) is 50.0 Å². The highest BCUT2D eigenvalue weighted by Crippen LogP contribution is 2.25. The molecule has 1 aromatic heterocycles. The van der Waals surface area contributed by atoms with Crippen molar-refractivity contribution in [3.63, 3.8) is 0 Å². The molecule has 0 unspecified atom stereocenters. The summed E-state index contributed by atoms with van der Waals surface area (Å²) in [6, 6.07) is 10.2. The third-order valence-corrected chi connectivity index (χ3v) is 6.04. The first-order chi connectivity index (χ1) is 13.2. The molecule has 2 saturated heterocycles. The SMILES string of the molecule is O=C(CN1CCCCCC1)N1C[C@@H](Cc2ccnc3ccccc23)[C@H](O)C1. The van der Waals surface area contributed by atoms with E-state index in [-0.39, 0.29) is 11.8 Å². The summed E-state index contributed by atoms with van der Waals surface area (Å²) in [4.78, 5) is 21.3. The summed E-state index contributed by atoms with van der Waals surface area (Å²) in [7, 11) is 0. The molecule has 1 N–H and O–H groups in total. The molecule has 1 amide bonds. The van der Waals surface area contributed by atoms with Crippen LogP contribution in [0, 0.1) is 5.92 Å². The summed E-state index contributed by atoms with van der Waals surface area (Å²) in [5.74, 6) is 0.252. The number of likely N-dealkylation sites (tertiary alicyclic amines) is 2. The maximum absolute atomic E-state index is 12.7. The predicted octanol–water partition coefficient (Wildman–Crippen LogP) is 2.47. The molecule has 2 aliphatic rings. The zero-order chi connectivity index (χ0) is 18.6. The number of carbonyl (C=O) groups excluding carboxylic acids is 1. The van der Waals surface area contributed by atoms with E-state index in [0.29, 0.717) is 19.6 Å². The monoisotopic (exact) mass is 367 g/mol. The number of hydrogen-bond acceptors (Lipinski definition) is 4. The Morgan fingerprint density at radius 2 is 1.85 bits per heavy atom. The molecule has 0 bridgehead atoms. The number of fused-ring (bicyclic) bond motifs is 1. The second kappa shape index (κ2) is 8.36. The number of aromatic nitrogens is 1. The van der Waals surface area contributed by atoms with Gasteiger partial charge in [-0.25, -0.2) is 0 Å². The van der Waals surface area contributed by atoms with E-state index in [9.17, 15) is 9.90 Å². The van der Waals surface area contributed by atoms with Crippen LogP contribution in [0.15, 0.2) is 36.5 Å². The molecule has 2 aliphatic heterocycles. The number of hydrogen-bond donors (Lipinski definition) is 1. The van der Waals surface area contributed by atoms with Crippen molar-refractivity contribution >= 4 is 16.8 Å². The molecule has 144 valence electrons. The number of carbonyl (C=O) groups is 1. The van der Waals surface area contributed by atoms with Crippen LogP contribution in [0.3, 0.4) is 0 Å². The van der Waals surface area contributed by atoms with Crippen molar-refractivity contribution in [3.8, 4) is 0 Å². The number of pyridine rings is 1. The second-order valence-corrected chi connectivity index (χ2v) is 8.01. The van der Waals surface area contributed by atoms with Gasteiger partial charge in [0.25, 0.3) is 0 Å². The molecule has 5 heteroatoms. The highest BCUT2D eigenvalue weighted by Gasteiger charge is 2.34. The zero-order valence-corrected chi connectivity index (χ0v) is 15.9. The number of aliphatic hydroxyl groups excluding tert-OH is 1. The Hall–Kier alpha value is -1.98. The Morgan fingerprint density at radius 3 is 2.67 bits per heavy atom. The van der Waals surface area contributed by atoms with Crippen LogP contribution >= 0.6 is 0 Å². The summed E-state index contributed by atoms with van der Waals surface area (Å²) < 4.78 is 0. The van der Waals surface area contributed by atoms with Crippen LogP contribution in [0.5, 0.6) is 0 Å². The van der Waals surface area contributed by atoms with Crippen LogP contribution in [-0.4, -0.2) is 64.6 Å². The van der Waals surface area contributed by atoms with Gasteiger partial charge in [0.1, 0.15) is 0 Å². The molecule has 5 nitrogen and oxygen atoms in total. The molecule has 0 radical (unpaired) electrons. The maximum Gasteiger partial charge on any atom is 0.236 e. The van der Waals surface area contributed by atoms with Gasteiger partial charge in [-0.3, -0.25) is 14.7 Å². The van der Waals surface area contributed by atoms with E-state index in [1.807, 2.05) is 35.4 Å². The average molecular weight is 367 g/mol. The first-order valence-corrected chi connectivity index (χ1v) is 10.2. The van der Waals surface area contributed by atoms with Crippen molar-refractivity contribution in [2.75, 3.05) is 32.7 Å². The third kappa shape index (κ3) is 4.30. The minimum absolute atomic E-state index is 0.0869. The van der Waals surface area contributed by atoms with Gasteiger partial charge in [0.15, 0.2) is 0 Å². The van der Waals surface area contributed by atoms with E-state index in [1.54, 1.807) is 0 Å². The fraction of sp³-hybridized carbons (Fsp3) is 0.545. The first-order valence-electron chi connectivity index (χ1n) is 10.2. The number of amides is 1. The number of benzene rings is 1. The van der Waals surface area contributed by atoms with E-state index < -0.39 is 6.10 Å². The molecule has 2 aromatic rings. The molecular formula is C22H29N3O2. The number of para-hydroxylation sites is 1. The second-order valence-electron chi connectivity index (χ2n) is 8.01.